The van der Waals surface area contributed by atoms with Crippen molar-refractivity contribution in [2.24, 2.45) is 5.73 Å². The minimum atomic E-state index is -0.256. The summed E-state index contributed by atoms with van der Waals surface area (Å²) in [6, 6.07) is 4.64. The molecule has 3 rings (SSSR count). The molecule has 1 aromatic carbocycles. The fourth-order valence-corrected chi connectivity index (χ4v) is 3.30. The summed E-state index contributed by atoms with van der Waals surface area (Å²) >= 11 is 0. The maximum absolute atomic E-state index is 13.4. The van der Waals surface area contributed by atoms with Crippen LogP contribution < -0.4 is 10.5 Å². The molecule has 2 atom stereocenters. The predicted octanol–water partition coefficient (Wildman–Crippen LogP) is 2.46. The Kier molecular flexibility index (Phi) is 3.23. The van der Waals surface area contributed by atoms with Crippen molar-refractivity contribution in [2.45, 2.75) is 37.3 Å². The summed E-state index contributed by atoms with van der Waals surface area (Å²) in [4.78, 5) is 2.32. The maximum Gasteiger partial charge on any atom is 0.127 e. The highest BCUT2D eigenvalue weighted by Gasteiger charge is 2.40. The molecule has 19 heavy (non-hydrogen) atoms. The summed E-state index contributed by atoms with van der Waals surface area (Å²) in [5, 5.41) is 0. The highest BCUT2D eigenvalue weighted by molar-refractivity contribution is 5.39. The molecule has 1 saturated heterocycles. The van der Waals surface area contributed by atoms with Crippen LogP contribution in [0.3, 0.4) is 0 Å². The van der Waals surface area contributed by atoms with Gasteiger partial charge in [0.15, 0.2) is 0 Å². The third-order valence-corrected chi connectivity index (χ3v) is 4.41. The van der Waals surface area contributed by atoms with Gasteiger partial charge in [-0.15, -0.1) is 0 Å². The van der Waals surface area contributed by atoms with Gasteiger partial charge >= 0.3 is 0 Å². The molecule has 3 nitrogen and oxygen atoms in total. The van der Waals surface area contributed by atoms with E-state index in [0.717, 1.165) is 44.3 Å². The molecule has 4 heteroatoms. The van der Waals surface area contributed by atoms with E-state index < -0.39 is 0 Å². The van der Waals surface area contributed by atoms with Crippen molar-refractivity contribution in [1.82, 2.24) is 4.90 Å². The van der Waals surface area contributed by atoms with Gasteiger partial charge in [0.25, 0.3) is 0 Å². The first-order valence-corrected chi connectivity index (χ1v) is 7.01. The third-order valence-electron chi connectivity index (χ3n) is 4.41. The molecular formula is C15H21FN2O. The smallest absolute Gasteiger partial charge is 0.127 e. The minimum absolute atomic E-state index is 0.0484. The van der Waals surface area contributed by atoms with Crippen molar-refractivity contribution in [3.05, 3.63) is 29.6 Å². The second-order valence-electron chi connectivity index (χ2n) is 5.93. The van der Waals surface area contributed by atoms with Gasteiger partial charge in [-0.05, 0) is 38.9 Å². The van der Waals surface area contributed by atoms with Crippen molar-refractivity contribution in [1.29, 1.82) is 0 Å². The van der Waals surface area contributed by atoms with Crippen molar-refractivity contribution in [3.63, 3.8) is 0 Å². The van der Waals surface area contributed by atoms with Crippen LogP contribution in [0.25, 0.3) is 0 Å². The van der Waals surface area contributed by atoms with Gasteiger partial charge in [-0.3, -0.25) is 0 Å². The number of fused-ring (bicyclic) bond motifs is 1. The molecule has 104 valence electrons. The molecule has 1 spiro atoms. The number of hydrogen-bond donors (Lipinski definition) is 1. The Labute approximate surface area is 113 Å². The summed E-state index contributed by atoms with van der Waals surface area (Å²) < 4.78 is 19.6. The van der Waals surface area contributed by atoms with E-state index in [9.17, 15) is 4.39 Å². The Bertz CT molecular complexity index is 479. The number of nitrogens with two attached hydrogens (primary N) is 1. The van der Waals surface area contributed by atoms with E-state index in [-0.39, 0.29) is 17.5 Å². The normalized spacial score (nSPS) is 31.6. The van der Waals surface area contributed by atoms with Gasteiger partial charge in [-0.2, -0.15) is 0 Å². The first-order valence-electron chi connectivity index (χ1n) is 7.01. The van der Waals surface area contributed by atoms with Gasteiger partial charge in [0, 0.05) is 30.6 Å². The van der Waals surface area contributed by atoms with E-state index in [1.807, 2.05) is 0 Å². The van der Waals surface area contributed by atoms with Crippen molar-refractivity contribution in [2.75, 3.05) is 20.1 Å². The van der Waals surface area contributed by atoms with Crippen LogP contribution in [0.1, 0.15) is 37.3 Å². The summed E-state index contributed by atoms with van der Waals surface area (Å²) in [6.45, 7) is 2.10. The van der Waals surface area contributed by atoms with E-state index >= 15 is 0 Å². The molecule has 2 N–H and O–H groups in total. The summed E-state index contributed by atoms with van der Waals surface area (Å²) in [6.07, 6.45) is 3.90. The van der Waals surface area contributed by atoms with Gasteiger partial charge in [0.05, 0.1) is 0 Å². The molecule has 0 aliphatic carbocycles. The topological polar surface area (TPSA) is 38.5 Å². The Morgan fingerprint density at radius 1 is 1.37 bits per heavy atom. The molecule has 0 saturated carbocycles. The molecule has 0 bridgehead atoms. The van der Waals surface area contributed by atoms with Crippen LogP contribution in [0.2, 0.25) is 0 Å². The molecule has 0 radical (unpaired) electrons. The van der Waals surface area contributed by atoms with Gasteiger partial charge in [0.2, 0.25) is 0 Å². The highest BCUT2D eigenvalue weighted by atomic mass is 19.1. The third kappa shape index (κ3) is 2.47. The van der Waals surface area contributed by atoms with Crippen LogP contribution in [0.15, 0.2) is 18.2 Å². The molecule has 1 unspecified atom stereocenters. The van der Waals surface area contributed by atoms with E-state index in [1.165, 1.54) is 12.1 Å². The Balaban J connectivity index is 1.90. The van der Waals surface area contributed by atoms with Gasteiger partial charge in [-0.25, -0.2) is 4.39 Å². The SMILES string of the molecule is CN1CCCC2(CC1)C[C@H](N)c1ccc(F)cc1O2. The second kappa shape index (κ2) is 4.76. The highest BCUT2D eigenvalue weighted by Crippen LogP contribution is 2.43. The van der Waals surface area contributed by atoms with Crippen LogP contribution in [-0.4, -0.2) is 30.6 Å². The zero-order valence-electron chi connectivity index (χ0n) is 11.4. The zero-order chi connectivity index (χ0) is 13.5. The molecular weight excluding hydrogens is 243 g/mol. The largest absolute Gasteiger partial charge is 0.487 e. The number of halogens is 1. The second-order valence-corrected chi connectivity index (χ2v) is 5.93. The lowest BCUT2D eigenvalue weighted by molar-refractivity contribution is 0.0220. The van der Waals surface area contributed by atoms with E-state index in [2.05, 4.69) is 11.9 Å². The van der Waals surface area contributed by atoms with E-state index in [4.69, 9.17) is 10.5 Å². The van der Waals surface area contributed by atoms with Crippen LogP contribution >= 0.6 is 0 Å². The first-order chi connectivity index (χ1) is 9.08. The fourth-order valence-electron chi connectivity index (χ4n) is 3.30. The Hall–Kier alpha value is -1.13. The molecule has 1 fully saturated rings. The lowest BCUT2D eigenvalue weighted by Crippen LogP contribution is -2.43. The molecule has 2 aliphatic rings. The molecule has 2 aliphatic heterocycles. The number of likely N-dealkylation sites (tertiary alicyclic amines) is 1. The van der Waals surface area contributed by atoms with Crippen LogP contribution in [0, 0.1) is 5.82 Å². The quantitative estimate of drug-likeness (QED) is 0.782. The number of rotatable bonds is 0. The lowest BCUT2D eigenvalue weighted by atomic mass is 9.82. The Morgan fingerprint density at radius 2 is 2.21 bits per heavy atom. The average Bonchev–Trinajstić information content (AvgIpc) is 2.52. The van der Waals surface area contributed by atoms with Gasteiger partial charge in [0.1, 0.15) is 17.2 Å². The number of benzene rings is 1. The Morgan fingerprint density at radius 3 is 3.05 bits per heavy atom. The fraction of sp³-hybridized carbons (Fsp3) is 0.600. The van der Waals surface area contributed by atoms with Crippen molar-refractivity contribution < 1.29 is 9.13 Å². The molecule has 1 aromatic rings. The summed E-state index contributed by atoms with van der Waals surface area (Å²) in [5.41, 5.74) is 7.00. The van der Waals surface area contributed by atoms with Gasteiger partial charge < -0.3 is 15.4 Å². The molecule has 2 heterocycles. The predicted molar refractivity (Wildman–Crippen MR) is 72.7 cm³/mol. The van der Waals surface area contributed by atoms with Crippen LogP contribution in [-0.2, 0) is 0 Å². The van der Waals surface area contributed by atoms with Gasteiger partial charge in [-0.1, -0.05) is 6.07 Å². The van der Waals surface area contributed by atoms with Crippen molar-refractivity contribution in [3.8, 4) is 5.75 Å². The van der Waals surface area contributed by atoms with E-state index in [1.54, 1.807) is 6.07 Å². The monoisotopic (exact) mass is 264 g/mol. The van der Waals surface area contributed by atoms with Crippen LogP contribution in [0.5, 0.6) is 5.75 Å². The zero-order valence-corrected chi connectivity index (χ0v) is 11.4. The number of hydrogen-bond acceptors (Lipinski definition) is 3. The standard InChI is InChI=1S/C15H21FN2O/c1-18-7-2-5-15(6-8-18)10-13(17)12-4-3-11(16)9-14(12)19-15/h3-4,9,13H,2,5-8,10,17H2,1H3/t13-,15?/m0/s1. The molecule has 0 aromatic heterocycles. The summed E-state index contributed by atoms with van der Waals surface area (Å²) in [5.74, 6) is 0.386. The number of nitrogens with zero attached hydrogens (tertiary/aromatic N) is 1. The summed E-state index contributed by atoms with van der Waals surface area (Å²) in [7, 11) is 2.13. The maximum atomic E-state index is 13.4. The first kappa shape index (κ1) is 12.9. The minimum Gasteiger partial charge on any atom is -0.487 e. The van der Waals surface area contributed by atoms with Crippen molar-refractivity contribution >= 4 is 0 Å². The lowest BCUT2D eigenvalue weighted by Gasteiger charge is -2.41. The number of ether oxygens (including phenoxy) is 1. The van der Waals surface area contributed by atoms with E-state index in [0.29, 0.717) is 5.75 Å². The molecule has 0 amide bonds. The van der Waals surface area contributed by atoms with Crippen LogP contribution in [0.4, 0.5) is 4.39 Å². The average molecular weight is 264 g/mol.